The van der Waals surface area contributed by atoms with Crippen molar-refractivity contribution in [3.05, 3.63) is 29.2 Å². The SMILES string of the molecule is CNCC1=CS(=O)(=O)c2c(O)cccc21. The molecular weight excluding hydrogens is 214 g/mol. The van der Waals surface area contributed by atoms with E-state index >= 15 is 0 Å². The quantitative estimate of drug-likeness (QED) is 0.779. The van der Waals surface area contributed by atoms with Crippen LogP contribution in [0.1, 0.15) is 5.56 Å². The van der Waals surface area contributed by atoms with Crippen LogP contribution in [0, 0.1) is 0 Å². The third-order valence-electron chi connectivity index (χ3n) is 2.29. The number of aromatic hydroxyl groups is 1. The zero-order valence-electron chi connectivity index (χ0n) is 8.19. The van der Waals surface area contributed by atoms with Crippen molar-refractivity contribution < 1.29 is 13.5 Å². The maximum atomic E-state index is 11.7. The van der Waals surface area contributed by atoms with Crippen molar-refractivity contribution >= 4 is 15.4 Å². The van der Waals surface area contributed by atoms with Gasteiger partial charge in [0.25, 0.3) is 0 Å². The van der Waals surface area contributed by atoms with Crippen molar-refractivity contribution in [1.29, 1.82) is 0 Å². The summed E-state index contributed by atoms with van der Waals surface area (Å²) in [5.41, 5.74) is 1.27. The van der Waals surface area contributed by atoms with Gasteiger partial charge in [0.1, 0.15) is 10.6 Å². The number of hydrogen-bond acceptors (Lipinski definition) is 4. The van der Waals surface area contributed by atoms with E-state index in [9.17, 15) is 13.5 Å². The van der Waals surface area contributed by atoms with Gasteiger partial charge in [0.05, 0.1) is 0 Å². The summed E-state index contributed by atoms with van der Waals surface area (Å²) in [5, 5.41) is 13.6. The molecule has 0 fully saturated rings. The first kappa shape index (κ1) is 10.2. The molecule has 2 rings (SSSR count). The molecule has 0 saturated carbocycles. The van der Waals surface area contributed by atoms with Gasteiger partial charge in [-0.1, -0.05) is 12.1 Å². The highest BCUT2D eigenvalue weighted by atomic mass is 32.2. The highest BCUT2D eigenvalue weighted by Crippen LogP contribution is 2.38. The Balaban J connectivity index is 2.68. The molecule has 1 aromatic rings. The van der Waals surface area contributed by atoms with E-state index in [1.165, 1.54) is 11.5 Å². The third-order valence-corrected chi connectivity index (χ3v) is 3.88. The maximum Gasteiger partial charge on any atom is 0.204 e. The van der Waals surface area contributed by atoms with Crippen LogP contribution in [-0.4, -0.2) is 27.1 Å². The van der Waals surface area contributed by atoms with Crippen LogP contribution in [0.25, 0.3) is 5.57 Å². The molecule has 1 aliphatic heterocycles. The molecule has 1 aromatic carbocycles. The number of phenolic OH excluding ortho intramolecular Hbond substituents is 1. The molecular formula is C10H11NO3S. The predicted molar refractivity (Wildman–Crippen MR) is 57.2 cm³/mol. The van der Waals surface area contributed by atoms with Crippen molar-refractivity contribution in [2.24, 2.45) is 0 Å². The van der Waals surface area contributed by atoms with Crippen LogP contribution in [0.15, 0.2) is 28.5 Å². The van der Waals surface area contributed by atoms with E-state index in [0.29, 0.717) is 17.7 Å². The Kier molecular flexibility index (Phi) is 2.28. The molecule has 2 N–H and O–H groups in total. The summed E-state index contributed by atoms with van der Waals surface area (Å²) in [6, 6.07) is 4.72. The van der Waals surface area contributed by atoms with Gasteiger partial charge < -0.3 is 10.4 Å². The summed E-state index contributed by atoms with van der Waals surface area (Å²) in [4.78, 5) is 0.0234. The minimum Gasteiger partial charge on any atom is -0.507 e. The first-order chi connectivity index (χ1) is 7.06. The van der Waals surface area contributed by atoms with Gasteiger partial charge in [-0.05, 0) is 18.7 Å². The Hall–Kier alpha value is -1.33. The molecule has 0 aliphatic carbocycles. The minimum absolute atomic E-state index is 0.0234. The molecule has 4 nitrogen and oxygen atoms in total. The second-order valence-electron chi connectivity index (χ2n) is 3.37. The van der Waals surface area contributed by atoms with Gasteiger partial charge in [0.2, 0.25) is 9.84 Å². The van der Waals surface area contributed by atoms with Crippen molar-refractivity contribution in [1.82, 2.24) is 5.32 Å². The molecule has 0 aromatic heterocycles. The first-order valence-corrected chi connectivity index (χ1v) is 6.03. The number of fused-ring (bicyclic) bond motifs is 1. The number of nitrogens with one attached hydrogen (secondary N) is 1. The zero-order valence-corrected chi connectivity index (χ0v) is 9.00. The molecule has 0 unspecified atom stereocenters. The van der Waals surface area contributed by atoms with Gasteiger partial charge in [-0.25, -0.2) is 8.42 Å². The van der Waals surface area contributed by atoms with Crippen molar-refractivity contribution in [3.63, 3.8) is 0 Å². The fraction of sp³-hybridized carbons (Fsp3) is 0.200. The molecule has 1 heterocycles. The fourth-order valence-corrected chi connectivity index (χ4v) is 3.28. The van der Waals surface area contributed by atoms with Crippen molar-refractivity contribution in [2.45, 2.75) is 4.90 Å². The van der Waals surface area contributed by atoms with E-state index in [4.69, 9.17) is 0 Å². The number of rotatable bonds is 2. The third kappa shape index (κ3) is 1.53. The van der Waals surface area contributed by atoms with E-state index in [1.54, 1.807) is 19.2 Å². The lowest BCUT2D eigenvalue weighted by molar-refractivity contribution is 0.459. The van der Waals surface area contributed by atoms with Crippen molar-refractivity contribution in [3.8, 4) is 5.75 Å². The standard InChI is InChI=1S/C10H11NO3S/c1-11-5-7-6-15(13,14)10-8(7)3-2-4-9(10)12/h2-4,6,11-12H,5H2,1H3. The average molecular weight is 225 g/mol. The molecule has 0 saturated heterocycles. The highest BCUT2D eigenvalue weighted by molar-refractivity contribution is 7.95. The molecule has 0 amide bonds. The van der Waals surface area contributed by atoms with E-state index in [0.717, 1.165) is 0 Å². The molecule has 0 radical (unpaired) electrons. The average Bonchev–Trinajstić information content (AvgIpc) is 2.40. The Morgan fingerprint density at radius 3 is 2.80 bits per heavy atom. The number of sulfone groups is 1. The predicted octanol–water partition coefficient (Wildman–Crippen LogP) is 0.740. The Labute approximate surface area is 88.2 Å². The highest BCUT2D eigenvalue weighted by Gasteiger charge is 2.29. The number of hydrogen-bond donors (Lipinski definition) is 2. The Morgan fingerprint density at radius 2 is 2.13 bits per heavy atom. The van der Waals surface area contributed by atoms with Gasteiger partial charge in [0.15, 0.2) is 0 Å². The topological polar surface area (TPSA) is 66.4 Å². The van der Waals surface area contributed by atoms with Crippen LogP contribution in [0.5, 0.6) is 5.75 Å². The van der Waals surface area contributed by atoms with Crippen LogP contribution in [0.3, 0.4) is 0 Å². The first-order valence-electron chi connectivity index (χ1n) is 4.49. The second kappa shape index (κ2) is 3.36. The van der Waals surface area contributed by atoms with Gasteiger partial charge in [-0.2, -0.15) is 0 Å². The van der Waals surface area contributed by atoms with Crippen LogP contribution in [-0.2, 0) is 9.84 Å². The van der Waals surface area contributed by atoms with Gasteiger partial charge in [-0.3, -0.25) is 0 Å². The van der Waals surface area contributed by atoms with Crippen LogP contribution >= 0.6 is 0 Å². The molecule has 0 bridgehead atoms. The molecule has 0 atom stereocenters. The van der Waals surface area contributed by atoms with Gasteiger partial charge in [0, 0.05) is 17.5 Å². The van der Waals surface area contributed by atoms with E-state index in [2.05, 4.69) is 5.32 Å². The second-order valence-corrected chi connectivity index (χ2v) is 5.11. The van der Waals surface area contributed by atoms with Crippen LogP contribution < -0.4 is 5.32 Å². The van der Waals surface area contributed by atoms with Crippen LogP contribution in [0.4, 0.5) is 0 Å². The van der Waals surface area contributed by atoms with Crippen molar-refractivity contribution in [2.75, 3.05) is 13.6 Å². The number of benzene rings is 1. The molecule has 15 heavy (non-hydrogen) atoms. The summed E-state index contributed by atoms with van der Waals surface area (Å²) in [6.07, 6.45) is 0. The normalized spacial score (nSPS) is 17.3. The van der Waals surface area contributed by atoms with E-state index < -0.39 is 9.84 Å². The molecule has 0 spiro atoms. The largest absolute Gasteiger partial charge is 0.507 e. The summed E-state index contributed by atoms with van der Waals surface area (Å²) in [5.74, 6) is -0.185. The summed E-state index contributed by atoms with van der Waals surface area (Å²) >= 11 is 0. The molecule has 1 aliphatic rings. The lowest BCUT2D eigenvalue weighted by atomic mass is 10.1. The number of phenols is 1. The lowest BCUT2D eigenvalue weighted by Gasteiger charge is -2.04. The van der Waals surface area contributed by atoms with Gasteiger partial charge in [-0.15, -0.1) is 0 Å². The number of likely N-dealkylation sites (N-methyl/N-ethyl adjacent to an activating group) is 1. The van der Waals surface area contributed by atoms with E-state index in [1.807, 2.05) is 0 Å². The Bertz CT molecular complexity index is 532. The maximum absolute atomic E-state index is 11.7. The monoisotopic (exact) mass is 225 g/mol. The molecule has 5 heteroatoms. The van der Waals surface area contributed by atoms with Crippen LogP contribution in [0.2, 0.25) is 0 Å². The lowest BCUT2D eigenvalue weighted by Crippen LogP contribution is -2.08. The smallest absolute Gasteiger partial charge is 0.204 e. The summed E-state index contributed by atoms with van der Waals surface area (Å²) < 4.78 is 23.4. The fourth-order valence-electron chi connectivity index (χ4n) is 1.71. The minimum atomic E-state index is -3.46. The Morgan fingerprint density at radius 1 is 1.40 bits per heavy atom. The van der Waals surface area contributed by atoms with Gasteiger partial charge >= 0.3 is 0 Å². The summed E-state index contributed by atoms with van der Waals surface area (Å²) in [6.45, 7) is 0.468. The van der Waals surface area contributed by atoms with E-state index in [-0.39, 0.29) is 10.6 Å². The summed E-state index contributed by atoms with van der Waals surface area (Å²) in [7, 11) is -1.72. The zero-order chi connectivity index (χ0) is 11.1. The molecule has 80 valence electrons.